The van der Waals surface area contributed by atoms with Crippen LogP contribution in [0.5, 0.6) is 0 Å². The fourth-order valence-corrected chi connectivity index (χ4v) is 9.11. The topological polar surface area (TPSA) is 104 Å². The minimum atomic E-state index is -0.950. The molecule has 7 heteroatoms. The van der Waals surface area contributed by atoms with E-state index in [1.54, 1.807) is 6.07 Å². The molecule has 0 radical (unpaired) electrons. The summed E-state index contributed by atoms with van der Waals surface area (Å²) in [4.78, 5) is 24.3. The van der Waals surface area contributed by atoms with Crippen LogP contribution in [0.2, 0.25) is 0 Å². The normalized spacial score (nSPS) is 21.5. The van der Waals surface area contributed by atoms with Gasteiger partial charge in [0.1, 0.15) is 0 Å². The third kappa shape index (κ3) is 16.5. The highest BCUT2D eigenvalue weighted by Crippen LogP contribution is 2.48. The molecule has 2 fully saturated rings. The predicted octanol–water partition coefficient (Wildman–Crippen LogP) is 12.1. The van der Waals surface area contributed by atoms with E-state index in [2.05, 4.69) is 32.1 Å². The number of aliphatic hydroxyl groups excluding tert-OH is 2. The van der Waals surface area contributed by atoms with Gasteiger partial charge in [-0.05, 0) is 92.7 Å². The molecule has 0 spiro atoms. The van der Waals surface area contributed by atoms with Crippen molar-refractivity contribution in [1.82, 2.24) is 0 Å². The van der Waals surface area contributed by atoms with Crippen LogP contribution in [0.15, 0.2) is 42.5 Å². The SMILES string of the molecule is CCCCCCCCCCCCCCCCc1ccc(C(=O)O)c(CCOC(=O)CCC/C=C\C[C@@H]2[C@@H](/C=C/C[C@H](O)C3(CC)CCC3)[C@H](O)C[C@H]2Cl)c1. The number of carboxylic acid groups (broad SMARTS) is 1. The van der Waals surface area contributed by atoms with E-state index in [9.17, 15) is 24.9 Å². The van der Waals surface area contributed by atoms with Crippen molar-refractivity contribution in [2.45, 2.75) is 198 Å². The van der Waals surface area contributed by atoms with E-state index in [0.29, 0.717) is 32.1 Å². The van der Waals surface area contributed by atoms with E-state index in [1.165, 1.54) is 89.9 Å². The maximum Gasteiger partial charge on any atom is 0.335 e. The molecule has 0 bridgehead atoms. The second-order valence-corrected chi connectivity index (χ2v) is 17.1. The number of esters is 1. The lowest BCUT2D eigenvalue weighted by Gasteiger charge is -2.45. The zero-order valence-corrected chi connectivity index (χ0v) is 34.7. The Labute approximate surface area is 333 Å². The van der Waals surface area contributed by atoms with Gasteiger partial charge in [-0.25, -0.2) is 4.79 Å². The quantitative estimate of drug-likeness (QED) is 0.0311. The van der Waals surface area contributed by atoms with Gasteiger partial charge in [-0.2, -0.15) is 0 Å². The molecule has 54 heavy (non-hydrogen) atoms. The van der Waals surface area contributed by atoms with Crippen molar-refractivity contribution < 1.29 is 29.6 Å². The first-order valence-electron chi connectivity index (χ1n) is 22.0. The lowest BCUT2D eigenvalue weighted by Crippen LogP contribution is -2.40. The summed E-state index contributed by atoms with van der Waals surface area (Å²) in [7, 11) is 0. The number of carbonyl (C=O) groups excluding carboxylic acids is 1. The van der Waals surface area contributed by atoms with Gasteiger partial charge in [0.25, 0.3) is 0 Å². The summed E-state index contributed by atoms with van der Waals surface area (Å²) < 4.78 is 5.50. The number of aliphatic hydroxyl groups is 2. The van der Waals surface area contributed by atoms with Crippen LogP contribution >= 0.6 is 11.6 Å². The number of alkyl halides is 1. The second-order valence-electron chi connectivity index (χ2n) is 16.5. The molecule has 5 atom stereocenters. The monoisotopic (exact) mass is 771 g/mol. The fraction of sp³-hybridized carbons (Fsp3) is 0.745. The molecule has 306 valence electrons. The number of aromatic carboxylic acids is 1. The first-order valence-corrected chi connectivity index (χ1v) is 22.5. The number of halogens is 1. The number of allylic oxidation sites excluding steroid dienone is 2. The molecule has 6 nitrogen and oxygen atoms in total. The number of carboxylic acids is 1. The van der Waals surface area contributed by atoms with E-state index in [0.717, 1.165) is 56.1 Å². The number of benzene rings is 1. The van der Waals surface area contributed by atoms with E-state index in [1.807, 2.05) is 18.2 Å². The Kier molecular flexibility index (Phi) is 22.8. The summed E-state index contributed by atoms with van der Waals surface area (Å²) in [5, 5.41) is 31.1. The Morgan fingerprint density at radius 2 is 1.54 bits per heavy atom. The molecular weight excluding hydrogens is 696 g/mol. The molecule has 3 N–H and O–H groups in total. The lowest BCUT2D eigenvalue weighted by atomic mass is 9.63. The van der Waals surface area contributed by atoms with E-state index < -0.39 is 12.1 Å². The highest BCUT2D eigenvalue weighted by molar-refractivity contribution is 6.21. The van der Waals surface area contributed by atoms with Gasteiger partial charge in [0.2, 0.25) is 0 Å². The van der Waals surface area contributed by atoms with Crippen LogP contribution < -0.4 is 0 Å². The summed E-state index contributed by atoms with van der Waals surface area (Å²) >= 11 is 6.65. The number of carbonyl (C=O) groups is 2. The van der Waals surface area contributed by atoms with Gasteiger partial charge < -0.3 is 20.1 Å². The largest absolute Gasteiger partial charge is 0.478 e. The van der Waals surface area contributed by atoms with Crippen LogP contribution in [-0.2, 0) is 22.4 Å². The highest BCUT2D eigenvalue weighted by Gasteiger charge is 2.42. The number of aryl methyl sites for hydroxylation is 1. The number of hydrogen-bond donors (Lipinski definition) is 3. The number of hydrogen-bond acceptors (Lipinski definition) is 5. The summed E-state index contributed by atoms with van der Waals surface area (Å²) in [6.45, 7) is 4.60. The minimum absolute atomic E-state index is 0.0234. The molecule has 3 rings (SSSR count). The van der Waals surface area contributed by atoms with Crippen LogP contribution in [-0.4, -0.2) is 51.5 Å². The maximum absolute atomic E-state index is 12.5. The van der Waals surface area contributed by atoms with E-state index in [4.69, 9.17) is 16.3 Å². The van der Waals surface area contributed by atoms with Gasteiger partial charge in [0.05, 0.1) is 24.4 Å². The molecule has 0 saturated heterocycles. The molecule has 0 aromatic heterocycles. The third-order valence-electron chi connectivity index (χ3n) is 12.5. The van der Waals surface area contributed by atoms with Crippen molar-refractivity contribution in [2.24, 2.45) is 17.3 Å². The van der Waals surface area contributed by atoms with Crippen molar-refractivity contribution in [3.63, 3.8) is 0 Å². The predicted molar refractivity (Wildman–Crippen MR) is 223 cm³/mol. The van der Waals surface area contributed by atoms with Gasteiger partial charge in [0, 0.05) is 24.1 Å². The molecule has 1 aromatic rings. The highest BCUT2D eigenvalue weighted by atomic mass is 35.5. The fourth-order valence-electron chi connectivity index (χ4n) is 8.66. The van der Waals surface area contributed by atoms with E-state index >= 15 is 0 Å². The summed E-state index contributed by atoms with van der Waals surface area (Å²) in [6.07, 6.45) is 35.5. The summed E-state index contributed by atoms with van der Waals surface area (Å²) in [6, 6.07) is 5.61. The standard InChI is InChI=1S/C47H75ClO6/c1-3-5-6-7-8-9-10-11-12-13-14-15-16-19-24-37-29-30-39(46(52)53)38(35-37)31-34-54-45(51)28-21-18-17-20-25-40-41(43(49)36-42(40)48)26-22-27-44(50)47(4-2)32-23-33-47/h17,20,22,26,29-30,35,40-44,49-50H,3-16,18-19,21,23-25,27-28,31-34,36H2,1-2H3,(H,52,53)/b20-17-,26-22+/t40-,41-,42-,43-,44+/m1/s1. The molecule has 0 heterocycles. The van der Waals surface area contributed by atoms with Crippen LogP contribution in [0.1, 0.15) is 189 Å². The zero-order chi connectivity index (χ0) is 39.0. The van der Waals surface area contributed by atoms with Crippen LogP contribution in [0.4, 0.5) is 0 Å². The van der Waals surface area contributed by atoms with Crippen LogP contribution in [0.25, 0.3) is 0 Å². The number of ether oxygens (including phenoxy) is 1. The van der Waals surface area contributed by atoms with Gasteiger partial charge in [0.15, 0.2) is 0 Å². The second kappa shape index (κ2) is 26.7. The lowest BCUT2D eigenvalue weighted by molar-refractivity contribution is -0.143. The molecule has 2 aliphatic rings. The number of unbranched alkanes of at least 4 members (excludes halogenated alkanes) is 14. The Bertz CT molecular complexity index is 1250. The smallest absolute Gasteiger partial charge is 0.335 e. The van der Waals surface area contributed by atoms with Gasteiger partial charge in [-0.3, -0.25) is 4.79 Å². The van der Waals surface area contributed by atoms with Crippen LogP contribution in [0.3, 0.4) is 0 Å². The van der Waals surface area contributed by atoms with Crippen molar-refractivity contribution in [1.29, 1.82) is 0 Å². The Balaban J connectivity index is 1.27. The van der Waals surface area contributed by atoms with Crippen molar-refractivity contribution in [3.05, 3.63) is 59.2 Å². The minimum Gasteiger partial charge on any atom is -0.478 e. The summed E-state index contributed by atoms with van der Waals surface area (Å²) in [5.41, 5.74) is 2.23. The Hall–Kier alpha value is -2.15. The van der Waals surface area contributed by atoms with Crippen molar-refractivity contribution in [2.75, 3.05) is 6.61 Å². The van der Waals surface area contributed by atoms with Crippen molar-refractivity contribution >= 4 is 23.5 Å². The zero-order valence-electron chi connectivity index (χ0n) is 34.0. The molecule has 0 aliphatic heterocycles. The van der Waals surface area contributed by atoms with E-state index in [-0.39, 0.29) is 46.9 Å². The Morgan fingerprint density at radius 3 is 2.13 bits per heavy atom. The first-order chi connectivity index (χ1) is 26.2. The van der Waals surface area contributed by atoms with Crippen molar-refractivity contribution in [3.8, 4) is 0 Å². The molecule has 2 saturated carbocycles. The number of rotatable bonds is 30. The average Bonchev–Trinajstić information content (AvgIpc) is 3.40. The van der Waals surface area contributed by atoms with Gasteiger partial charge in [-0.15, -0.1) is 11.6 Å². The molecule has 1 aromatic carbocycles. The first kappa shape index (κ1) is 46.2. The van der Waals surface area contributed by atoms with Gasteiger partial charge in [-0.1, -0.05) is 140 Å². The van der Waals surface area contributed by atoms with Gasteiger partial charge >= 0.3 is 11.9 Å². The third-order valence-corrected chi connectivity index (χ3v) is 13.0. The molecule has 0 amide bonds. The molecule has 0 unspecified atom stereocenters. The average molecular weight is 772 g/mol. The molecular formula is C47H75ClO6. The van der Waals surface area contributed by atoms with Crippen LogP contribution in [0, 0.1) is 17.3 Å². The Morgan fingerprint density at radius 1 is 0.889 bits per heavy atom. The molecule has 2 aliphatic carbocycles. The summed E-state index contributed by atoms with van der Waals surface area (Å²) in [5.74, 6) is -1.11. The maximum atomic E-state index is 12.5.